The van der Waals surface area contributed by atoms with Crippen molar-refractivity contribution in [2.75, 3.05) is 13.1 Å². The average molecular weight is 345 g/mol. The van der Waals surface area contributed by atoms with E-state index in [9.17, 15) is 4.79 Å². The first-order valence-corrected chi connectivity index (χ1v) is 8.00. The van der Waals surface area contributed by atoms with Crippen LogP contribution in [0.15, 0.2) is 18.2 Å². The topological polar surface area (TPSA) is 46.3 Å². The van der Waals surface area contributed by atoms with E-state index in [0.717, 1.165) is 18.4 Å². The lowest BCUT2D eigenvalue weighted by Crippen LogP contribution is -2.47. The van der Waals surface area contributed by atoms with Crippen molar-refractivity contribution in [3.8, 4) is 0 Å². The van der Waals surface area contributed by atoms with E-state index in [1.807, 2.05) is 11.0 Å². The summed E-state index contributed by atoms with van der Waals surface area (Å²) in [4.78, 5) is 14.7. The van der Waals surface area contributed by atoms with Crippen molar-refractivity contribution >= 4 is 46.3 Å². The van der Waals surface area contributed by atoms with Crippen LogP contribution in [0.4, 0.5) is 0 Å². The number of rotatable bonds is 3. The van der Waals surface area contributed by atoms with E-state index in [2.05, 4.69) is 6.92 Å². The minimum absolute atomic E-state index is 0.0957. The summed E-state index contributed by atoms with van der Waals surface area (Å²) in [7, 11) is 0. The first-order chi connectivity index (χ1) is 9.82. The van der Waals surface area contributed by atoms with Crippen molar-refractivity contribution in [2.45, 2.75) is 26.2 Å². The van der Waals surface area contributed by atoms with Crippen LogP contribution in [0.25, 0.3) is 0 Å². The number of nitrogens with two attached hydrogens (primary N) is 1. The molecule has 1 heterocycles. The second-order valence-corrected chi connectivity index (χ2v) is 6.99. The van der Waals surface area contributed by atoms with Crippen LogP contribution in [0, 0.1) is 5.41 Å². The van der Waals surface area contributed by atoms with E-state index in [-0.39, 0.29) is 11.3 Å². The summed E-state index contributed by atoms with van der Waals surface area (Å²) in [6.07, 6.45) is 1.96. The molecule has 0 saturated carbocycles. The monoisotopic (exact) mass is 344 g/mol. The molecular weight excluding hydrogens is 327 g/mol. The molecule has 1 saturated heterocycles. The summed E-state index contributed by atoms with van der Waals surface area (Å²) < 4.78 is 0. The number of carbonyl (C=O) groups excluding carboxylic acids is 1. The lowest BCUT2D eigenvalue weighted by molar-refractivity contribution is -0.132. The van der Waals surface area contributed by atoms with Gasteiger partial charge < -0.3 is 10.6 Å². The molecule has 3 nitrogen and oxygen atoms in total. The third-order valence-electron chi connectivity index (χ3n) is 4.15. The molecule has 21 heavy (non-hydrogen) atoms. The highest BCUT2D eigenvalue weighted by Gasteiger charge is 2.34. The van der Waals surface area contributed by atoms with Gasteiger partial charge in [0.25, 0.3) is 0 Å². The molecule has 1 aromatic carbocycles. The van der Waals surface area contributed by atoms with E-state index >= 15 is 0 Å². The van der Waals surface area contributed by atoms with Gasteiger partial charge in [-0.3, -0.25) is 4.79 Å². The van der Waals surface area contributed by atoms with Crippen LogP contribution in [0.3, 0.4) is 0 Å². The normalized spacial score (nSPS) is 17.6. The molecule has 0 atom stereocenters. The van der Waals surface area contributed by atoms with Crippen molar-refractivity contribution in [3.05, 3.63) is 33.8 Å². The SMILES string of the molecule is CC1(C(N)=S)CCN(C(=O)Cc2ccc(Cl)c(Cl)c2)CC1. The lowest BCUT2D eigenvalue weighted by atomic mass is 9.80. The maximum Gasteiger partial charge on any atom is 0.226 e. The number of likely N-dealkylation sites (tertiary alicyclic amines) is 1. The average Bonchev–Trinajstić information content (AvgIpc) is 2.43. The Bertz CT molecular complexity index is 569. The van der Waals surface area contributed by atoms with Crippen molar-refractivity contribution in [1.29, 1.82) is 0 Å². The Hall–Kier alpha value is -0.840. The van der Waals surface area contributed by atoms with Gasteiger partial charge in [-0.15, -0.1) is 0 Å². The van der Waals surface area contributed by atoms with E-state index in [4.69, 9.17) is 41.2 Å². The molecule has 2 rings (SSSR count). The standard InChI is InChI=1S/C15H18Cl2N2OS/c1-15(14(18)21)4-6-19(7-5-15)13(20)9-10-2-3-11(16)12(17)8-10/h2-3,8H,4-7,9H2,1H3,(H2,18,21). The quantitative estimate of drug-likeness (QED) is 0.854. The van der Waals surface area contributed by atoms with Gasteiger partial charge in [-0.05, 0) is 30.5 Å². The maximum atomic E-state index is 12.3. The maximum absolute atomic E-state index is 12.3. The van der Waals surface area contributed by atoms with Crippen molar-refractivity contribution in [3.63, 3.8) is 0 Å². The Kier molecular flexibility index (Phi) is 5.12. The van der Waals surface area contributed by atoms with Crippen molar-refractivity contribution < 1.29 is 4.79 Å². The zero-order chi connectivity index (χ0) is 15.6. The molecule has 0 unspecified atom stereocenters. The Morgan fingerprint density at radius 1 is 1.33 bits per heavy atom. The predicted molar refractivity (Wildman–Crippen MR) is 90.9 cm³/mol. The largest absolute Gasteiger partial charge is 0.393 e. The van der Waals surface area contributed by atoms with Crippen molar-refractivity contribution in [1.82, 2.24) is 4.90 Å². The molecule has 1 fully saturated rings. The molecular formula is C15H18Cl2N2OS. The fourth-order valence-electron chi connectivity index (χ4n) is 2.43. The van der Waals surface area contributed by atoms with E-state index in [1.165, 1.54) is 0 Å². The zero-order valence-electron chi connectivity index (χ0n) is 11.9. The van der Waals surface area contributed by atoms with Gasteiger partial charge in [-0.1, -0.05) is 48.4 Å². The third kappa shape index (κ3) is 3.87. The highest BCUT2D eigenvalue weighted by atomic mass is 35.5. The van der Waals surface area contributed by atoms with E-state index < -0.39 is 0 Å². The van der Waals surface area contributed by atoms with Gasteiger partial charge in [-0.2, -0.15) is 0 Å². The smallest absolute Gasteiger partial charge is 0.226 e. The minimum Gasteiger partial charge on any atom is -0.393 e. The fourth-order valence-corrected chi connectivity index (χ4v) is 2.96. The van der Waals surface area contributed by atoms with Gasteiger partial charge in [0.1, 0.15) is 0 Å². The summed E-state index contributed by atoms with van der Waals surface area (Å²) in [6, 6.07) is 5.28. The van der Waals surface area contributed by atoms with Crippen LogP contribution in [0.1, 0.15) is 25.3 Å². The summed E-state index contributed by atoms with van der Waals surface area (Å²) in [6.45, 7) is 3.44. The van der Waals surface area contributed by atoms with Gasteiger partial charge in [0.15, 0.2) is 0 Å². The molecule has 0 aliphatic carbocycles. The molecule has 0 radical (unpaired) electrons. The summed E-state index contributed by atoms with van der Waals surface area (Å²) in [5, 5.41) is 0.972. The van der Waals surface area contributed by atoms with Crippen LogP contribution in [0.2, 0.25) is 10.0 Å². The van der Waals surface area contributed by atoms with Gasteiger partial charge >= 0.3 is 0 Å². The predicted octanol–water partition coefficient (Wildman–Crippen LogP) is 3.45. The number of hydrogen-bond acceptors (Lipinski definition) is 2. The summed E-state index contributed by atoms with van der Waals surface area (Å²) in [5.74, 6) is 0.0957. The fraction of sp³-hybridized carbons (Fsp3) is 0.467. The number of benzene rings is 1. The number of thiocarbonyl (C=S) groups is 1. The lowest BCUT2D eigenvalue weighted by Gasteiger charge is -2.38. The summed E-state index contributed by atoms with van der Waals surface area (Å²) >= 11 is 17.0. The third-order valence-corrected chi connectivity index (χ3v) is 5.39. The molecule has 114 valence electrons. The minimum atomic E-state index is -0.129. The van der Waals surface area contributed by atoms with Crippen molar-refractivity contribution in [2.24, 2.45) is 11.1 Å². The molecule has 0 bridgehead atoms. The Labute approximate surface area is 140 Å². The Morgan fingerprint density at radius 2 is 1.95 bits per heavy atom. The first kappa shape index (κ1) is 16.5. The Balaban J connectivity index is 1.96. The van der Waals surface area contributed by atoms with E-state index in [0.29, 0.717) is 34.5 Å². The number of nitrogens with zero attached hydrogens (tertiary/aromatic N) is 1. The van der Waals surface area contributed by atoms with Crippen LogP contribution < -0.4 is 5.73 Å². The highest BCUT2D eigenvalue weighted by Crippen LogP contribution is 2.31. The molecule has 1 amide bonds. The first-order valence-electron chi connectivity index (χ1n) is 6.83. The van der Waals surface area contributed by atoms with E-state index in [1.54, 1.807) is 12.1 Å². The number of piperidine rings is 1. The summed E-state index contributed by atoms with van der Waals surface area (Å²) in [5.41, 5.74) is 6.52. The van der Waals surface area contributed by atoms with Crippen LogP contribution in [-0.4, -0.2) is 28.9 Å². The molecule has 1 aliphatic rings. The second-order valence-electron chi connectivity index (χ2n) is 5.73. The number of hydrogen-bond donors (Lipinski definition) is 1. The van der Waals surface area contributed by atoms with Gasteiger partial charge in [0.05, 0.1) is 21.5 Å². The van der Waals surface area contributed by atoms with Crippen LogP contribution in [0.5, 0.6) is 0 Å². The van der Waals surface area contributed by atoms with Gasteiger partial charge in [0, 0.05) is 18.5 Å². The van der Waals surface area contributed by atoms with Crippen LogP contribution in [-0.2, 0) is 11.2 Å². The molecule has 2 N–H and O–H groups in total. The molecule has 1 aromatic rings. The zero-order valence-corrected chi connectivity index (χ0v) is 14.2. The molecule has 0 spiro atoms. The number of halogens is 2. The van der Waals surface area contributed by atoms with Crippen LogP contribution >= 0.6 is 35.4 Å². The second kappa shape index (κ2) is 6.51. The molecule has 1 aliphatic heterocycles. The number of amides is 1. The highest BCUT2D eigenvalue weighted by molar-refractivity contribution is 7.80. The molecule has 0 aromatic heterocycles. The van der Waals surface area contributed by atoms with Gasteiger partial charge in [-0.25, -0.2) is 0 Å². The molecule has 6 heteroatoms. The number of carbonyl (C=O) groups is 1. The Morgan fingerprint density at radius 3 is 2.48 bits per heavy atom. The van der Waals surface area contributed by atoms with Gasteiger partial charge in [0.2, 0.25) is 5.91 Å².